The lowest BCUT2D eigenvalue weighted by Crippen LogP contribution is -2.45. The molecule has 0 unspecified atom stereocenters. The van der Waals surface area contributed by atoms with Crippen LogP contribution in [0.15, 0.2) is 12.3 Å². The van der Waals surface area contributed by atoms with Gasteiger partial charge in [-0.15, -0.1) is 0 Å². The number of rotatable bonds is 3. The number of piperidine rings is 1. The van der Waals surface area contributed by atoms with Gasteiger partial charge in [0.25, 0.3) is 0 Å². The molecule has 5 nitrogen and oxygen atoms in total. The highest BCUT2D eigenvalue weighted by Gasteiger charge is 2.34. The van der Waals surface area contributed by atoms with Gasteiger partial charge < -0.3 is 10.6 Å². The van der Waals surface area contributed by atoms with Crippen molar-refractivity contribution in [3.8, 4) is 0 Å². The van der Waals surface area contributed by atoms with Gasteiger partial charge >= 0.3 is 0 Å². The number of carbonyl (C=O) groups is 1. The summed E-state index contributed by atoms with van der Waals surface area (Å²) in [5, 5.41) is 12.9. The fourth-order valence-electron chi connectivity index (χ4n) is 1.98. The molecule has 0 saturated carbocycles. The van der Waals surface area contributed by atoms with E-state index in [-0.39, 0.29) is 11.3 Å². The molecule has 0 aromatic carbocycles. The van der Waals surface area contributed by atoms with Gasteiger partial charge in [-0.2, -0.15) is 5.10 Å². The highest BCUT2D eigenvalue weighted by molar-refractivity contribution is 5.82. The standard InChI is InChI=1S/C11H18N4O/c1-11(3-6-12-7-4-11)10(16)13-8-9-2-5-14-15-9/h2,5,12H,3-4,6-8H2,1H3,(H,13,16)(H,14,15). The van der Waals surface area contributed by atoms with E-state index in [1.54, 1.807) is 6.20 Å². The summed E-state index contributed by atoms with van der Waals surface area (Å²) in [7, 11) is 0. The number of amides is 1. The molecule has 88 valence electrons. The van der Waals surface area contributed by atoms with Crippen molar-refractivity contribution in [3.63, 3.8) is 0 Å². The Morgan fingerprint density at radius 2 is 2.31 bits per heavy atom. The molecular formula is C11H18N4O. The number of nitrogens with one attached hydrogen (secondary N) is 3. The fraction of sp³-hybridized carbons (Fsp3) is 0.636. The molecule has 1 saturated heterocycles. The average Bonchev–Trinajstić information content (AvgIpc) is 2.79. The molecular weight excluding hydrogens is 204 g/mol. The van der Waals surface area contributed by atoms with E-state index >= 15 is 0 Å². The molecule has 0 bridgehead atoms. The van der Waals surface area contributed by atoms with Crippen LogP contribution in [-0.4, -0.2) is 29.2 Å². The van der Waals surface area contributed by atoms with Crippen molar-refractivity contribution in [2.75, 3.05) is 13.1 Å². The number of hydrogen-bond acceptors (Lipinski definition) is 3. The van der Waals surface area contributed by atoms with Crippen molar-refractivity contribution in [3.05, 3.63) is 18.0 Å². The minimum Gasteiger partial charge on any atom is -0.350 e. The summed E-state index contributed by atoms with van der Waals surface area (Å²) in [6.07, 6.45) is 3.50. The lowest BCUT2D eigenvalue weighted by molar-refractivity contribution is -0.131. The van der Waals surface area contributed by atoms with E-state index < -0.39 is 0 Å². The minimum atomic E-state index is -0.217. The smallest absolute Gasteiger partial charge is 0.226 e. The van der Waals surface area contributed by atoms with Crippen LogP contribution in [0, 0.1) is 5.41 Å². The van der Waals surface area contributed by atoms with Crippen molar-refractivity contribution in [2.24, 2.45) is 5.41 Å². The Morgan fingerprint density at radius 3 is 2.94 bits per heavy atom. The Morgan fingerprint density at radius 1 is 1.56 bits per heavy atom. The Balaban J connectivity index is 1.87. The van der Waals surface area contributed by atoms with E-state index in [1.165, 1.54) is 0 Å². The summed E-state index contributed by atoms with van der Waals surface area (Å²) in [5.74, 6) is 0.142. The second-order valence-corrected chi connectivity index (χ2v) is 4.58. The van der Waals surface area contributed by atoms with Crippen LogP contribution in [0.2, 0.25) is 0 Å². The van der Waals surface area contributed by atoms with Gasteiger partial charge in [-0.25, -0.2) is 0 Å². The lowest BCUT2D eigenvalue weighted by atomic mass is 9.80. The molecule has 16 heavy (non-hydrogen) atoms. The van der Waals surface area contributed by atoms with Gasteiger partial charge in [0.05, 0.1) is 12.2 Å². The SMILES string of the molecule is CC1(C(=O)NCc2ccn[nH]2)CCNCC1. The van der Waals surface area contributed by atoms with Crippen molar-refractivity contribution in [1.29, 1.82) is 0 Å². The van der Waals surface area contributed by atoms with Gasteiger partial charge in [0.15, 0.2) is 0 Å². The molecule has 3 N–H and O–H groups in total. The summed E-state index contributed by atoms with van der Waals surface area (Å²) in [6.45, 7) is 4.42. The van der Waals surface area contributed by atoms with Crippen LogP contribution in [0.3, 0.4) is 0 Å². The summed E-state index contributed by atoms with van der Waals surface area (Å²) >= 11 is 0. The molecule has 1 aliphatic heterocycles. The van der Waals surface area contributed by atoms with Gasteiger partial charge in [0.1, 0.15) is 0 Å². The van der Waals surface area contributed by atoms with Crippen LogP contribution < -0.4 is 10.6 Å². The zero-order chi connectivity index (χ0) is 11.4. The largest absolute Gasteiger partial charge is 0.350 e. The fourth-order valence-corrected chi connectivity index (χ4v) is 1.98. The minimum absolute atomic E-state index is 0.142. The molecule has 0 aliphatic carbocycles. The van der Waals surface area contributed by atoms with E-state index in [4.69, 9.17) is 0 Å². The number of carbonyl (C=O) groups excluding carboxylic acids is 1. The van der Waals surface area contributed by atoms with E-state index in [2.05, 4.69) is 20.8 Å². The predicted molar refractivity (Wildman–Crippen MR) is 60.6 cm³/mol. The molecule has 1 aromatic rings. The average molecular weight is 222 g/mol. The number of aromatic nitrogens is 2. The highest BCUT2D eigenvalue weighted by atomic mass is 16.2. The number of H-pyrrole nitrogens is 1. The third kappa shape index (κ3) is 2.41. The molecule has 2 rings (SSSR count). The summed E-state index contributed by atoms with van der Waals surface area (Å²) in [6, 6.07) is 1.87. The van der Waals surface area contributed by atoms with E-state index in [1.807, 2.05) is 13.0 Å². The molecule has 0 spiro atoms. The van der Waals surface area contributed by atoms with Gasteiger partial charge in [0, 0.05) is 11.6 Å². The first-order valence-electron chi connectivity index (χ1n) is 5.68. The second-order valence-electron chi connectivity index (χ2n) is 4.58. The Hall–Kier alpha value is -1.36. The number of hydrogen-bond donors (Lipinski definition) is 3. The maximum atomic E-state index is 12.0. The molecule has 1 aliphatic rings. The third-order valence-electron chi connectivity index (χ3n) is 3.25. The maximum absolute atomic E-state index is 12.0. The summed E-state index contributed by atoms with van der Waals surface area (Å²) < 4.78 is 0. The molecule has 5 heteroatoms. The first kappa shape index (κ1) is 11.1. The van der Waals surface area contributed by atoms with Crippen molar-refractivity contribution >= 4 is 5.91 Å². The first-order chi connectivity index (χ1) is 7.71. The number of nitrogens with zero attached hydrogens (tertiary/aromatic N) is 1. The molecule has 1 amide bonds. The maximum Gasteiger partial charge on any atom is 0.226 e. The summed E-state index contributed by atoms with van der Waals surface area (Å²) in [5.41, 5.74) is 0.719. The van der Waals surface area contributed by atoms with Crippen LogP contribution in [0.5, 0.6) is 0 Å². The molecule has 1 aromatic heterocycles. The van der Waals surface area contributed by atoms with E-state index in [0.29, 0.717) is 6.54 Å². The van der Waals surface area contributed by atoms with Crippen LogP contribution >= 0.6 is 0 Å². The van der Waals surface area contributed by atoms with Gasteiger partial charge in [0.2, 0.25) is 5.91 Å². The van der Waals surface area contributed by atoms with Crippen LogP contribution in [-0.2, 0) is 11.3 Å². The molecule has 1 fully saturated rings. The number of aromatic amines is 1. The predicted octanol–water partition coefficient (Wildman–Crippen LogP) is 0.416. The first-order valence-corrected chi connectivity index (χ1v) is 5.68. The highest BCUT2D eigenvalue weighted by Crippen LogP contribution is 2.27. The lowest BCUT2D eigenvalue weighted by Gasteiger charge is -2.32. The van der Waals surface area contributed by atoms with Gasteiger partial charge in [-0.1, -0.05) is 6.92 Å². The quantitative estimate of drug-likeness (QED) is 0.694. The summed E-state index contributed by atoms with van der Waals surface area (Å²) in [4.78, 5) is 12.0. The third-order valence-corrected chi connectivity index (χ3v) is 3.25. The Bertz CT molecular complexity index is 341. The van der Waals surface area contributed by atoms with Crippen molar-refractivity contribution < 1.29 is 4.79 Å². The van der Waals surface area contributed by atoms with Gasteiger partial charge in [-0.05, 0) is 32.0 Å². The Kier molecular flexibility index (Phi) is 3.24. The van der Waals surface area contributed by atoms with Crippen LogP contribution in [0.25, 0.3) is 0 Å². The van der Waals surface area contributed by atoms with E-state index in [0.717, 1.165) is 31.6 Å². The monoisotopic (exact) mass is 222 g/mol. The van der Waals surface area contributed by atoms with Crippen LogP contribution in [0.1, 0.15) is 25.5 Å². The molecule has 0 atom stereocenters. The van der Waals surface area contributed by atoms with Gasteiger partial charge in [-0.3, -0.25) is 9.89 Å². The zero-order valence-electron chi connectivity index (χ0n) is 9.55. The molecule has 0 radical (unpaired) electrons. The van der Waals surface area contributed by atoms with Crippen LogP contribution in [0.4, 0.5) is 0 Å². The topological polar surface area (TPSA) is 69.8 Å². The zero-order valence-corrected chi connectivity index (χ0v) is 9.55. The van der Waals surface area contributed by atoms with Crippen molar-refractivity contribution in [2.45, 2.75) is 26.3 Å². The van der Waals surface area contributed by atoms with E-state index in [9.17, 15) is 4.79 Å². The Labute approximate surface area is 95.0 Å². The normalized spacial score (nSPS) is 19.3. The van der Waals surface area contributed by atoms with Crippen molar-refractivity contribution in [1.82, 2.24) is 20.8 Å². The molecule has 2 heterocycles. The second kappa shape index (κ2) is 4.65.